The van der Waals surface area contributed by atoms with Gasteiger partial charge in [-0.25, -0.2) is 0 Å². The first kappa shape index (κ1) is 6.47. The van der Waals surface area contributed by atoms with Crippen molar-refractivity contribution in [1.82, 2.24) is 4.90 Å². The molecule has 3 heteroatoms. The maximum absolute atomic E-state index is 8.29. The van der Waals surface area contributed by atoms with E-state index >= 15 is 0 Å². The standard InChI is InChI=1S/C7H7N3/c8-3-5-10-4-1-2-7(9)6-10/h2,4,6H,5,9H2. The van der Waals surface area contributed by atoms with Gasteiger partial charge < -0.3 is 10.6 Å². The van der Waals surface area contributed by atoms with Gasteiger partial charge in [0.05, 0.1) is 11.8 Å². The smallest absolute Gasteiger partial charge is 0.110 e. The van der Waals surface area contributed by atoms with Crippen molar-refractivity contribution in [2.45, 2.75) is 0 Å². The van der Waals surface area contributed by atoms with E-state index in [0.29, 0.717) is 12.2 Å². The lowest BCUT2D eigenvalue weighted by atomic mass is 10.4. The van der Waals surface area contributed by atoms with Crippen LogP contribution in [-0.2, 0) is 0 Å². The topological polar surface area (TPSA) is 53.0 Å². The fraction of sp³-hybridized carbons (Fsp3) is 0.143. The highest BCUT2D eigenvalue weighted by atomic mass is 15.1. The number of nitrogens with zero attached hydrogens (tertiary/aromatic N) is 2. The molecule has 1 heterocycles. The first-order chi connectivity index (χ1) is 4.83. The molecule has 2 N–H and O–H groups in total. The fourth-order valence-electron chi connectivity index (χ4n) is 0.668. The Kier molecular flexibility index (Phi) is 1.79. The summed E-state index contributed by atoms with van der Waals surface area (Å²) in [5, 5.41) is 8.29. The molecule has 0 aromatic heterocycles. The molecule has 50 valence electrons. The molecule has 10 heavy (non-hydrogen) atoms. The van der Waals surface area contributed by atoms with Gasteiger partial charge in [0.15, 0.2) is 0 Å². The molecule has 3 nitrogen and oxygen atoms in total. The van der Waals surface area contributed by atoms with Crippen LogP contribution in [0.4, 0.5) is 0 Å². The molecular formula is C7H7N3. The van der Waals surface area contributed by atoms with E-state index in [9.17, 15) is 0 Å². The molecule has 0 radical (unpaired) electrons. The van der Waals surface area contributed by atoms with Crippen LogP contribution in [0.5, 0.6) is 0 Å². The Morgan fingerprint density at radius 1 is 1.80 bits per heavy atom. The Morgan fingerprint density at radius 3 is 3.20 bits per heavy atom. The fourth-order valence-corrected chi connectivity index (χ4v) is 0.668. The normalized spacial score (nSPS) is 14.7. The third-order valence-electron chi connectivity index (χ3n) is 1.06. The van der Waals surface area contributed by atoms with Crippen LogP contribution in [0.1, 0.15) is 0 Å². The van der Waals surface area contributed by atoms with Gasteiger partial charge >= 0.3 is 0 Å². The second kappa shape index (κ2) is 2.77. The highest BCUT2D eigenvalue weighted by molar-refractivity contribution is 5.19. The van der Waals surface area contributed by atoms with Gasteiger partial charge in [-0.15, -0.1) is 5.73 Å². The van der Waals surface area contributed by atoms with Gasteiger partial charge in [0, 0.05) is 18.5 Å². The summed E-state index contributed by atoms with van der Waals surface area (Å²) >= 11 is 0. The van der Waals surface area contributed by atoms with Crippen molar-refractivity contribution in [2.75, 3.05) is 6.54 Å². The number of nitrogens with two attached hydrogens (primary N) is 1. The largest absolute Gasteiger partial charge is 0.397 e. The minimum Gasteiger partial charge on any atom is -0.397 e. The Bertz CT molecular complexity index is 251. The van der Waals surface area contributed by atoms with Gasteiger partial charge in [-0.05, 0) is 0 Å². The van der Waals surface area contributed by atoms with Gasteiger partial charge in [0.2, 0.25) is 0 Å². The van der Waals surface area contributed by atoms with E-state index in [1.807, 2.05) is 6.07 Å². The number of rotatable bonds is 1. The molecule has 0 aliphatic carbocycles. The number of nitriles is 1. The second-order valence-electron chi connectivity index (χ2n) is 1.90. The first-order valence-electron chi connectivity index (χ1n) is 2.85. The minimum absolute atomic E-state index is 0.321. The SMILES string of the molecule is N#CCN1C=C=CC(N)=C1. The zero-order valence-electron chi connectivity index (χ0n) is 5.41. The summed E-state index contributed by atoms with van der Waals surface area (Å²) in [6, 6.07) is 2.00. The molecule has 0 spiro atoms. The lowest BCUT2D eigenvalue weighted by molar-refractivity contribution is 0.565. The summed E-state index contributed by atoms with van der Waals surface area (Å²) in [5.74, 6) is 0. The van der Waals surface area contributed by atoms with Gasteiger partial charge in [-0.1, -0.05) is 0 Å². The molecular weight excluding hydrogens is 126 g/mol. The lowest BCUT2D eigenvalue weighted by Crippen LogP contribution is -2.13. The zero-order valence-corrected chi connectivity index (χ0v) is 5.41. The number of hydrogen-bond acceptors (Lipinski definition) is 3. The Labute approximate surface area is 59.3 Å². The molecule has 1 aliphatic rings. The maximum Gasteiger partial charge on any atom is 0.110 e. The summed E-state index contributed by atoms with van der Waals surface area (Å²) in [7, 11) is 0. The van der Waals surface area contributed by atoms with E-state index in [2.05, 4.69) is 5.73 Å². The van der Waals surface area contributed by atoms with Crippen molar-refractivity contribution in [3.05, 3.63) is 29.9 Å². The molecule has 0 saturated carbocycles. The average Bonchev–Trinajstić information content (AvgIpc) is 1.88. The van der Waals surface area contributed by atoms with Crippen LogP contribution in [-0.4, -0.2) is 11.4 Å². The molecule has 0 bridgehead atoms. The third-order valence-corrected chi connectivity index (χ3v) is 1.06. The molecule has 0 saturated heterocycles. The van der Waals surface area contributed by atoms with E-state index < -0.39 is 0 Å². The van der Waals surface area contributed by atoms with Crippen LogP contribution in [0, 0.1) is 11.3 Å². The Balaban J connectivity index is 2.69. The monoisotopic (exact) mass is 133 g/mol. The van der Waals surface area contributed by atoms with Crippen molar-refractivity contribution in [1.29, 1.82) is 5.26 Å². The first-order valence-corrected chi connectivity index (χ1v) is 2.85. The number of hydrogen-bond donors (Lipinski definition) is 1. The van der Waals surface area contributed by atoms with Crippen LogP contribution < -0.4 is 5.73 Å². The predicted molar refractivity (Wildman–Crippen MR) is 37.2 cm³/mol. The van der Waals surface area contributed by atoms with Gasteiger partial charge in [0.1, 0.15) is 6.54 Å². The minimum atomic E-state index is 0.321. The van der Waals surface area contributed by atoms with Gasteiger partial charge in [-0.3, -0.25) is 0 Å². The van der Waals surface area contributed by atoms with Crippen molar-refractivity contribution in [3.63, 3.8) is 0 Å². The summed E-state index contributed by atoms with van der Waals surface area (Å²) < 4.78 is 0. The van der Waals surface area contributed by atoms with Crippen LogP contribution >= 0.6 is 0 Å². The van der Waals surface area contributed by atoms with Crippen LogP contribution in [0.3, 0.4) is 0 Å². The molecule has 1 aliphatic heterocycles. The van der Waals surface area contributed by atoms with Gasteiger partial charge in [-0.2, -0.15) is 5.26 Å². The zero-order chi connectivity index (χ0) is 7.40. The van der Waals surface area contributed by atoms with E-state index in [0.717, 1.165) is 0 Å². The van der Waals surface area contributed by atoms with Crippen LogP contribution in [0.25, 0.3) is 0 Å². The number of allylic oxidation sites excluding steroid dienone is 1. The molecule has 0 fully saturated rings. The van der Waals surface area contributed by atoms with E-state index in [-0.39, 0.29) is 0 Å². The van der Waals surface area contributed by atoms with Crippen molar-refractivity contribution >= 4 is 0 Å². The third kappa shape index (κ3) is 1.41. The lowest BCUT2D eigenvalue weighted by Gasteiger charge is -2.11. The summed E-state index contributed by atoms with van der Waals surface area (Å²) in [6.45, 7) is 0.321. The quantitative estimate of drug-likeness (QED) is 0.413. The molecule has 0 atom stereocenters. The summed E-state index contributed by atoms with van der Waals surface area (Å²) in [4.78, 5) is 1.68. The highest BCUT2D eigenvalue weighted by Gasteiger charge is 1.95. The Hall–Kier alpha value is -1.65. The summed E-state index contributed by atoms with van der Waals surface area (Å²) in [6.07, 6.45) is 5.03. The summed E-state index contributed by atoms with van der Waals surface area (Å²) in [5.41, 5.74) is 8.85. The van der Waals surface area contributed by atoms with Crippen molar-refractivity contribution in [2.24, 2.45) is 5.73 Å². The maximum atomic E-state index is 8.29. The van der Waals surface area contributed by atoms with E-state index in [1.165, 1.54) is 0 Å². The average molecular weight is 133 g/mol. The van der Waals surface area contributed by atoms with Crippen molar-refractivity contribution in [3.8, 4) is 6.07 Å². The highest BCUT2D eigenvalue weighted by Crippen LogP contribution is 1.98. The van der Waals surface area contributed by atoms with E-state index in [1.54, 1.807) is 23.4 Å². The molecule has 0 amide bonds. The van der Waals surface area contributed by atoms with Crippen molar-refractivity contribution < 1.29 is 0 Å². The molecule has 0 aromatic carbocycles. The van der Waals surface area contributed by atoms with E-state index in [4.69, 9.17) is 11.0 Å². The molecule has 1 rings (SSSR count). The second-order valence-corrected chi connectivity index (χ2v) is 1.90. The van der Waals surface area contributed by atoms with Crippen LogP contribution in [0.15, 0.2) is 29.9 Å². The molecule has 0 aromatic rings. The molecule has 0 unspecified atom stereocenters. The van der Waals surface area contributed by atoms with Crippen LogP contribution in [0.2, 0.25) is 0 Å². The van der Waals surface area contributed by atoms with Gasteiger partial charge in [0.25, 0.3) is 0 Å². The Morgan fingerprint density at radius 2 is 2.60 bits per heavy atom. The predicted octanol–water partition coefficient (Wildman–Crippen LogP) is 0.294.